The Kier molecular flexibility index (Phi) is 4.30. The van der Waals surface area contributed by atoms with Crippen molar-refractivity contribution in [3.05, 3.63) is 100 Å². The van der Waals surface area contributed by atoms with Crippen molar-refractivity contribution in [2.45, 2.75) is 6.04 Å². The third kappa shape index (κ3) is 3.25. The average Bonchev–Trinajstić information content (AvgIpc) is 3.00. The van der Waals surface area contributed by atoms with Crippen LogP contribution < -0.4 is 11.0 Å². The third-order valence-electron chi connectivity index (χ3n) is 4.61. The summed E-state index contributed by atoms with van der Waals surface area (Å²) in [5.41, 5.74) is 3.59. The lowest BCUT2D eigenvalue weighted by Gasteiger charge is -2.20. The molecule has 0 aliphatic carbocycles. The fraction of sp³-hybridized carbons (Fsp3) is 0.0952. The molecule has 2 aromatic carbocycles. The van der Waals surface area contributed by atoms with Crippen LogP contribution in [0.2, 0.25) is 0 Å². The van der Waals surface area contributed by atoms with Gasteiger partial charge in [-0.05, 0) is 41.5 Å². The van der Waals surface area contributed by atoms with E-state index in [1.807, 2.05) is 42.5 Å². The molecule has 0 radical (unpaired) electrons. The molecule has 1 unspecified atom stereocenters. The van der Waals surface area contributed by atoms with Gasteiger partial charge in [-0.2, -0.15) is 0 Å². The topological polar surface area (TPSA) is 79.8 Å². The number of aryl methyl sites for hydroxylation is 1. The molecule has 6 heteroatoms. The van der Waals surface area contributed by atoms with E-state index in [1.54, 1.807) is 37.6 Å². The zero-order valence-electron chi connectivity index (χ0n) is 14.7. The molecule has 0 aliphatic heterocycles. The van der Waals surface area contributed by atoms with Crippen molar-refractivity contribution < 1.29 is 4.79 Å². The first-order valence-electron chi connectivity index (χ1n) is 8.58. The van der Waals surface area contributed by atoms with E-state index in [0.29, 0.717) is 11.1 Å². The molecule has 0 saturated carbocycles. The van der Waals surface area contributed by atoms with Crippen LogP contribution in [0.1, 0.15) is 27.5 Å². The molecule has 134 valence electrons. The fourth-order valence-electron chi connectivity index (χ4n) is 3.15. The number of pyridine rings is 1. The average molecular weight is 358 g/mol. The van der Waals surface area contributed by atoms with E-state index in [2.05, 4.69) is 15.3 Å². The maximum Gasteiger partial charge on any atom is 0.326 e. The monoisotopic (exact) mass is 358 g/mol. The summed E-state index contributed by atoms with van der Waals surface area (Å²) in [4.78, 5) is 31.5. The maximum atomic E-state index is 12.9. The standard InChI is InChI=1S/C21H18N4O2/c1-25-18-8-7-16(13-17(18)23-21(25)27)20(26)24-19(14-5-3-2-4-6-14)15-9-11-22-12-10-15/h2-13,19H,1H3,(H,23,27)(H,24,26). The van der Waals surface area contributed by atoms with E-state index in [9.17, 15) is 9.59 Å². The number of imidazole rings is 1. The van der Waals surface area contributed by atoms with Crippen LogP contribution in [0.4, 0.5) is 0 Å². The highest BCUT2D eigenvalue weighted by atomic mass is 16.2. The normalized spacial score (nSPS) is 12.0. The molecule has 1 amide bonds. The molecule has 6 nitrogen and oxygen atoms in total. The predicted molar refractivity (Wildman–Crippen MR) is 104 cm³/mol. The number of nitrogens with one attached hydrogen (secondary N) is 2. The second kappa shape index (κ2) is 6.92. The van der Waals surface area contributed by atoms with Gasteiger partial charge in [-0.1, -0.05) is 30.3 Å². The number of rotatable bonds is 4. The Balaban J connectivity index is 1.69. The molecule has 2 heterocycles. The van der Waals surface area contributed by atoms with Gasteiger partial charge in [0.25, 0.3) is 5.91 Å². The van der Waals surface area contributed by atoms with E-state index < -0.39 is 0 Å². The number of hydrogen-bond donors (Lipinski definition) is 2. The van der Waals surface area contributed by atoms with E-state index in [1.165, 1.54) is 4.57 Å². The van der Waals surface area contributed by atoms with Gasteiger partial charge in [0.2, 0.25) is 0 Å². The minimum absolute atomic E-state index is 0.207. The number of aromatic nitrogens is 3. The summed E-state index contributed by atoms with van der Waals surface area (Å²) in [6.07, 6.45) is 3.41. The first kappa shape index (κ1) is 16.8. The van der Waals surface area contributed by atoms with Gasteiger partial charge in [-0.3, -0.25) is 14.3 Å². The number of fused-ring (bicyclic) bond motifs is 1. The maximum absolute atomic E-state index is 12.9. The van der Waals surface area contributed by atoms with Crippen LogP contribution in [0, 0.1) is 0 Å². The molecule has 0 bridgehead atoms. The van der Waals surface area contributed by atoms with Gasteiger partial charge in [-0.25, -0.2) is 4.79 Å². The second-order valence-corrected chi connectivity index (χ2v) is 6.32. The van der Waals surface area contributed by atoms with Crippen LogP contribution in [-0.4, -0.2) is 20.4 Å². The summed E-state index contributed by atoms with van der Waals surface area (Å²) < 4.78 is 1.51. The Morgan fingerprint density at radius 3 is 2.48 bits per heavy atom. The fourth-order valence-corrected chi connectivity index (χ4v) is 3.15. The summed E-state index contributed by atoms with van der Waals surface area (Å²) in [6.45, 7) is 0. The first-order chi connectivity index (χ1) is 13.1. The Morgan fingerprint density at radius 1 is 1.04 bits per heavy atom. The number of benzene rings is 2. The summed E-state index contributed by atoms with van der Waals surface area (Å²) in [5, 5.41) is 3.09. The zero-order chi connectivity index (χ0) is 18.8. The van der Waals surface area contributed by atoms with Crippen molar-refractivity contribution in [1.82, 2.24) is 19.9 Å². The van der Waals surface area contributed by atoms with Gasteiger partial charge in [0.15, 0.2) is 0 Å². The molecule has 0 spiro atoms. The van der Waals surface area contributed by atoms with Crippen LogP contribution in [0.25, 0.3) is 11.0 Å². The number of carbonyl (C=O) groups is 1. The summed E-state index contributed by atoms with van der Waals surface area (Å²) in [5.74, 6) is -0.215. The minimum Gasteiger partial charge on any atom is -0.341 e. The third-order valence-corrected chi connectivity index (χ3v) is 4.61. The van der Waals surface area contributed by atoms with Crippen molar-refractivity contribution in [1.29, 1.82) is 0 Å². The van der Waals surface area contributed by atoms with Crippen molar-refractivity contribution in [2.75, 3.05) is 0 Å². The highest BCUT2D eigenvalue weighted by Gasteiger charge is 2.18. The van der Waals surface area contributed by atoms with Gasteiger partial charge in [-0.15, -0.1) is 0 Å². The van der Waals surface area contributed by atoms with Crippen molar-refractivity contribution in [2.24, 2.45) is 7.05 Å². The van der Waals surface area contributed by atoms with Gasteiger partial charge in [0, 0.05) is 25.0 Å². The quantitative estimate of drug-likeness (QED) is 0.589. The highest BCUT2D eigenvalue weighted by molar-refractivity contribution is 5.97. The van der Waals surface area contributed by atoms with Gasteiger partial charge < -0.3 is 10.3 Å². The zero-order valence-corrected chi connectivity index (χ0v) is 14.7. The summed E-state index contributed by atoms with van der Waals surface area (Å²) in [7, 11) is 1.69. The summed E-state index contributed by atoms with van der Waals surface area (Å²) in [6, 6.07) is 18.4. The molecule has 2 N–H and O–H groups in total. The van der Waals surface area contributed by atoms with Gasteiger partial charge in [0.1, 0.15) is 0 Å². The lowest BCUT2D eigenvalue weighted by atomic mass is 9.99. The van der Waals surface area contributed by atoms with Crippen molar-refractivity contribution in [3.63, 3.8) is 0 Å². The molecule has 4 rings (SSSR count). The number of H-pyrrole nitrogens is 1. The van der Waals surface area contributed by atoms with Crippen molar-refractivity contribution >= 4 is 16.9 Å². The van der Waals surface area contributed by atoms with Gasteiger partial charge in [0.05, 0.1) is 17.1 Å². The first-order valence-corrected chi connectivity index (χ1v) is 8.58. The number of carbonyl (C=O) groups excluding carboxylic acids is 1. The molecule has 4 aromatic rings. The number of aromatic amines is 1. The molecular formula is C21H18N4O2. The predicted octanol–water partition coefficient (Wildman–Crippen LogP) is 2.78. The SMILES string of the molecule is Cn1c(=O)[nH]c2cc(C(=O)NC(c3ccccc3)c3ccncc3)ccc21. The lowest BCUT2D eigenvalue weighted by molar-refractivity contribution is 0.0943. The van der Waals surface area contributed by atoms with Crippen LogP contribution in [0.3, 0.4) is 0 Å². The lowest BCUT2D eigenvalue weighted by Crippen LogP contribution is -2.29. The van der Waals surface area contributed by atoms with E-state index >= 15 is 0 Å². The molecule has 27 heavy (non-hydrogen) atoms. The number of amides is 1. The van der Waals surface area contributed by atoms with E-state index in [0.717, 1.165) is 16.6 Å². The molecule has 0 saturated heterocycles. The van der Waals surface area contributed by atoms with E-state index in [4.69, 9.17) is 0 Å². The molecular weight excluding hydrogens is 340 g/mol. The second-order valence-electron chi connectivity index (χ2n) is 6.32. The molecule has 2 aromatic heterocycles. The van der Waals surface area contributed by atoms with Crippen molar-refractivity contribution in [3.8, 4) is 0 Å². The van der Waals surface area contributed by atoms with E-state index in [-0.39, 0.29) is 17.6 Å². The molecule has 0 fully saturated rings. The Labute approximate surface area is 155 Å². The van der Waals surface area contributed by atoms with Crippen LogP contribution in [0.5, 0.6) is 0 Å². The molecule has 0 aliphatic rings. The largest absolute Gasteiger partial charge is 0.341 e. The molecule has 1 atom stereocenters. The highest BCUT2D eigenvalue weighted by Crippen LogP contribution is 2.22. The van der Waals surface area contributed by atoms with Crippen LogP contribution in [0.15, 0.2) is 77.9 Å². The van der Waals surface area contributed by atoms with Crippen LogP contribution >= 0.6 is 0 Å². The summed E-state index contributed by atoms with van der Waals surface area (Å²) >= 11 is 0. The minimum atomic E-state index is -0.299. The number of hydrogen-bond acceptors (Lipinski definition) is 3. The van der Waals surface area contributed by atoms with Crippen LogP contribution in [-0.2, 0) is 7.05 Å². The number of nitrogens with zero attached hydrogens (tertiary/aromatic N) is 2. The Morgan fingerprint density at radius 2 is 1.74 bits per heavy atom. The smallest absolute Gasteiger partial charge is 0.326 e. The Hall–Kier alpha value is -3.67. The van der Waals surface area contributed by atoms with Gasteiger partial charge >= 0.3 is 5.69 Å². The Bertz CT molecular complexity index is 1110.